The largest absolute Gasteiger partial charge is 0.377 e. The average Bonchev–Trinajstić information content (AvgIpc) is 2.58. The van der Waals surface area contributed by atoms with Gasteiger partial charge in [-0.1, -0.05) is 6.58 Å². The van der Waals surface area contributed by atoms with E-state index in [-0.39, 0.29) is 0 Å². The Kier molecular flexibility index (Phi) is 4.38. The van der Waals surface area contributed by atoms with Gasteiger partial charge >= 0.3 is 0 Å². The predicted octanol–water partition coefficient (Wildman–Crippen LogP) is 2.21. The molecule has 0 aromatic carbocycles. The SMILES string of the molecule is C=C1C(N2CCN(c3ccc(N=O)cn3)CC2)CCCN1C. The Labute approximate surface area is 131 Å². The monoisotopic (exact) mass is 301 g/mol. The molecule has 0 N–H and O–H groups in total. The summed E-state index contributed by atoms with van der Waals surface area (Å²) in [5, 5.41) is 2.89. The van der Waals surface area contributed by atoms with Crippen LogP contribution in [0, 0.1) is 4.91 Å². The Morgan fingerprint density at radius 1 is 1.23 bits per heavy atom. The Balaban J connectivity index is 1.59. The van der Waals surface area contributed by atoms with E-state index in [2.05, 4.69) is 38.5 Å². The molecular weight excluding hydrogens is 278 g/mol. The van der Waals surface area contributed by atoms with Crippen molar-refractivity contribution in [3.63, 3.8) is 0 Å². The van der Waals surface area contributed by atoms with Crippen LogP contribution in [0.15, 0.2) is 35.8 Å². The summed E-state index contributed by atoms with van der Waals surface area (Å²) in [5.74, 6) is 0.923. The van der Waals surface area contributed by atoms with Crippen LogP contribution in [0.3, 0.4) is 0 Å². The Bertz CT molecular complexity index is 536. The van der Waals surface area contributed by atoms with Crippen molar-refractivity contribution < 1.29 is 0 Å². The minimum atomic E-state index is 0.379. The van der Waals surface area contributed by atoms with Crippen LogP contribution in [-0.4, -0.2) is 60.6 Å². The molecule has 0 amide bonds. The summed E-state index contributed by atoms with van der Waals surface area (Å²) in [6, 6.07) is 4.08. The fraction of sp³-hybridized carbons (Fsp3) is 0.562. The van der Waals surface area contributed by atoms with Crippen molar-refractivity contribution in [3.05, 3.63) is 35.5 Å². The molecule has 1 aromatic rings. The van der Waals surface area contributed by atoms with Gasteiger partial charge in [-0.2, -0.15) is 0 Å². The van der Waals surface area contributed by atoms with Crippen LogP contribution in [0.5, 0.6) is 0 Å². The quantitative estimate of drug-likeness (QED) is 0.801. The summed E-state index contributed by atoms with van der Waals surface area (Å²) >= 11 is 0. The third-order valence-electron chi connectivity index (χ3n) is 4.76. The summed E-state index contributed by atoms with van der Waals surface area (Å²) in [4.78, 5) is 21.9. The first-order valence-corrected chi connectivity index (χ1v) is 7.87. The molecule has 22 heavy (non-hydrogen) atoms. The van der Waals surface area contributed by atoms with Gasteiger partial charge in [0, 0.05) is 51.5 Å². The minimum absolute atomic E-state index is 0.379. The molecule has 118 valence electrons. The van der Waals surface area contributed by atoms with E-state index in [1.807, 2.05) is 6.07 Å². The zero-order chi connectivity index (χ0) is 15.5. The first-order chi connectivity index (χ1) is 10.7. The van der Waals surface area contributed by atoms with E-state index in [0.29, 0.717) is 11.7 Å². The van der Waals surface area contributed by atoms with Crippen LogP contribution < -0.4 is 4.90 Å². The number of aromatic nitrogens is 1. The normalized spacial score (nSPS) is 23.7. The highest BCUT2D eigenvalue weighted by Gasteiger charge is 2.29. The summed E-state index contributed by atoms with van der Waals surface area (Å²) < 4.78 is 0. The van der Waals surface area contributed by atoms with E-state index in [1.165, 1.54) is 24.7 Å². The number of hydrogen-bond donors (Lipinski definition) is 0. The molecule has 0 radical (unpaired) electrons. The van der Waals surface area contributed by atoms with Gasteiger partial charge in [0.25, 0.3) is 0 Å². The van der Waals surface area contributed by atoms with Crippen LogP contribution in [0.1, 0.15) is 12.8 Å². The lowest BCUT2D eigenvalue weighted by atomic mass is 10.0. The van der Waals surface area contributed by atoms with Crippen molar-refractivity contribution in [1.82, 2.24) is 14.8 Å². The summed E-state index contributed by atoms with van der Waals surface area (Å²) in [6.45, 7) is 9.33. The average molecular weight is 301 g/mol. The molecule has 2 aliphatic rings. The number of piperidine rings is 1. The highest BCUT2D eigenvalue weighted by Crippen LogP contribution is 2.25. The van der Waals surface area contributed by atoms with Gasteiger partial charge in [0.05, 0.1) is 6.20 Å². The van der Waals surface area contributed by atoms with Gasteiger partial charge in [-0.05, 0) is 30.2 Å². The summed E-state index contributed by atoms with van der Waals surface area (Å²) in [6.07, 6.45) is 3.98. The number of pyridine rings is 1. The molecular formula is C16H23N5O. The lowest BCUT2D eigenvalue weighted by Gasteiger charge is -2.44. The maximum Gasteiger partial charge on any atom is 0.128 e. The Morgan fingerprint density at radius 3 is 2.64 bits per heavy atom. The zero-order valence-electron chi connectivity index (χ0n) is 13.1. The van der Waals surface area contributed by atoms with Gasteiger partial charge in [0.1, 0.15) is 11.5 Å². The Morgan fingerprint density at radius 2 is 2.00 bits per heavy atom. The molecule has 1 atom stereocenters. The molecule has 0 saturated carbocycles. The van der Waals surface area contributed by atoms with Crippen molar-refractivity contribution in [1.29, 1.82) is 0 Å². The van der Waals surface area contributed by atoms with Crippen molar-refractivity contribution in [2.24, 2.45) is 5.18 Å². The predicted molar refractivity (Wildman–Crippen MR) is 88.3 cm³/mol. The molecule has 2 aliphatic heterocycles. The maximum absolute atomic E-state index is 10.4. The Hall–Kier alpha value is -1.95. The van der Waals surface area contributed by atoms with Gasteiger partial charge in [-0.25, -0.2) is 4.98 Å². The molecule has 2 saturated heterocycles. The van der Waals surface area contributed by atoms with Crippen LogP contribution in [-0.2, 0) is 0 Å². The second-order valence-corrected chi connectivity index (χ2v) is 6.06. The van der Waals surface area contributed by atoms with Crippen LogP contribution in [0.4, 0.5) is 11.5 Å². The molecule has 0 spiro atoms. The number of hydrogen-bond acceptors (Lipinski definition) is 6. The fourth-order valence-electron chi connectivity index (χ4n) is 3.36. The molecule has 3 rings (SSSR count). The smallest absolute Gasteiger partial charge is 0.128 e. The minimum Gasteiger partial charge on any atom is -0.377 e. The first kappa shape index (κ1) is 15.0. The number of piperazine rings is 1. The third kappa shape index (κ3) is 2.97. The molecule has 1 unspecified atom stereocenters. The topological polar surface area (TPSA) is 52.0 Å². The van der Waals surface area contributed by atoms with Crippen molar-refractivity contribution >= 4 is 11.5 Å². The second kappa shape index (κ2) is 6.44. The molecule has 0 aliphatic carbocycles. The highest BCUT2D eigenvalue weighted by molar-refractivity contribution is 5.45. The number of anilines is 1. The lowest BCUT2D eigenvalue weighted by molar-refractivity contribution is 0.147. The standard InChI is InChI=1S/C16H23N5O/c1-13-15(4-3-7-19(13)2)20-8-10-21(11-9-20)16-6-5-14(18-22)12-17-16/h5-6,12,15H,1,3-4,7-11H2,2H3. The van der Waals surface area contributed by atoms with Crippen molar-refractivity contribution in [2.45, 2.75) is 18.9 Å². The van der Waals surface area contributed by atoms with Gasteiger partial charge in [0.2, 0.25) is 0 Å². The highest BCUT2D eigenvalue weighted by atomic mass is 16.3. The number of likely N-dealkylation sites (tertiary alicyclic amines) is 1. The van der Waals surface area contributed by atoms with E-state index in [1.54, 1.807) is 6.07 Å². The molecule has 1 aromatic heterocycles. The number of likely N-dealkylation sites (N-methyl/N-ethyl adjacent to an activating group) is 1. The number of nitrogens with zero attached hydrogens (tertiary/aromatic N) is 5. The maximum atomic E-state index is 10.4. The van der Waals surface area contributed by atoms with Gasteiger partial charge in [0.15, 0.2) is 0 Å². The number of nitroso groups, excluding NO2 is 1. The van der Waals surface area contributed by atoms with E-state index in [9.17, 15) is 4.91 Å². The van der Waals surface area contributed by atoms with Gasteiger partial charge in [-0.15, -0.1) is 4.91 Å². The van der Waals surface area contributed by atoms with E-state index in [4.69, 9.17) is 0 Å². The molecule has 3 heterocycles. The van der Waals surface area contributed by atoms with Crippen LogP contribution in [0.2, 0.25) is 0 Å². The molecule has 6 nitrogen and oxygen atoms in total. The van der Waals surface area contributed by atoms with Crippen LogP contribution in [0.25, 0.3) is 0 Å². The van der Waals surface area contributed by atoms with Crippen LogP contribution >= 0.6 is 0 Å². The van der Waals surface area contributed by atoms with Gasteiger partial charge < -0.3 is 9.80 Å². The van der Waals surface area contributed by atoms with Crippen molar-refractivity contribution in [3.8, 4) is 0 Å². The van der Waals surface area contributed by atoms with Crippen molar-refractivity contribution in [2.75, 3.05) is 44.7 Å². The third-order valence-corrected chi connectivity index (χ3v) is 4.76. The first-order valence-electron chi connectivity index (χ1n) is 7.87. The van der Waals surface area contributed by atoms with E-state index < -0.39 is 0 Å². The number of rotatable bonds is 3. The van der Waals surface area contributed by atoms with Gasteiger partial charge in [-0.3, -0.25) is 4.90 Å². The molecule has 6 heteroatoms. The molecule has 0 bridgehead atoms. The second-order valence-electron chi connectivity index (χ2n) is 6.06. The van der Waals surface area contributed by atoms with E-state index in [0.717, 1.165) is 38.5 Å². The zero-order valence-corrected chi connectivity index (χ0v) is 13.1. The molecule has 2 fully saturated rings. The van der Waals surface area contributed by atoms with E-state index >= 15 is 0 Å². The summed E-state index contributed by atoms with van der Waals surface area (Å²) in [5.41, 5.74) is 1.63. The fourth-order valence-corrected chi connectivity index (χ4v) is 3.36. The summed E-state index contributed by atoms with van der Waals surface area (Å²) in [7, 11) is 2.14. The lowest BCUT2D eigenvalue weighted by Crippen LogP contribution is -2.53.